The smallest absolute Gasteiger partial charge is 0.208 e. The van der Waals surface area contributed by atoms with Gasteiger partial charge in [0, 0.05) is 19.6 Å². The first-order valence-corrected chi connectivity index (χ1v) is 5.91. The van der Waals surface area contributed by atoms with Crippen molar-refractivity contribution < 1.29 is 4.74 Å². The number of nitrogens with zero attached hydrogens (tertiary/aromatic N) is 3. The highest BCUT2D eigenvalue weighted by atomic mass is 32.1. The van der Waals surface area contributed by atoms with Crippen LogP contribution in [0, 0.1) is 6.92 Å². The molecule has 1 aliphatic heterocycles. The maximum absolute atomic E-state index is 5.68. The minimum absolute atomic E-state index is 0.109. The van der Waals surface area contributed by atoms with Crippen LogP contribution in [0.5, 0.6) is 0 Å². The summed E-state index contributed by atoms with van der Waals surface area (Å²) in [6.07, 6.45) is 0.314. The highest BCUT2D eigenvalue weighted by molar-refractivity contribution is 7.15. The molecular weight excluding hydrogens is 212 g/mol. The van der Waals surface area contributed by atoms with E-state index in [0.29, 0.717) is 6.54 Å². The standard InChI is InChI=1S/C9H16N4OS/c1-6-4-13(5-8(3-10)14-6)9-12-11-7(2)15-9/h6,8H,3-5,10H2,1-2H3. The molecule has 1 fully saturated rings. The molecule has 0 amide bonds. The van der Waals surface area contributed by atoms with E-state index >= 15 is 0 Å². The van der Waals surface area contributed by atoms with Crippen LogP contribution in [-0.4, -0.2) is 42.0 Å². The molecule has 0 spiro atoms. The summed E-state index contributed by atoms with van der Waals surface area (Å²) >= 11 is 1.62. The molecule has 1 saturated heterocycles. The third kappa shape index (κ3) is 2.45. The molecule has 0 aromatic carbocycles. The van der Waals surface area contributed by atoms with Crippen molar-refractivity contribution in [2.24, 2.45) is 5.73 Å². The fourth-order valence-corrected chi connectivity index (χ4v) is 2.45. The van der Waals surface area contributed by atoms with Gasteiger partial charge in [-0.3, -0.25) is 0 Å². The Bertz CT molecular complexity index is 330. The molecule has 0 bridgehead atoms. The zero-order valence-electron chi connectivity index (χ0n) is 9.01. The summed E-state index contributed by atoms with van der Waals surface area (Å²) in [7, 11) is 0. The Morgan fingerprint density at radius 3 is 2.93 bits per heavy atom. The molecule has 84 valence electrons. The minimum atomic E-state index is 0.109. The molecule has 15 heavy (non-hydrogen) atoms. The van der Waals surface area contributed by atoms with Gasteiger partial charge in [-0.05, 0) is 13.8 Å². The molecule has 1 aromatic heterocycles. The molecule has 0 radical (unpaired) electrons. The van der Waals surface area contributed by atoms with Gasteiger partial charge in [-0.2, -0.15) is 0 Å². The van der Waals surface area contributed by atoms with Crippen LogP contribution in [0.2, 0.25) is 0 Å². The summed E-state index contributed by atoms with van der Waals surface area (Å²) in [5.41, 5.74) is 5.63. The molecule has 1 aliphatic rings. The van der Waals surface area contributed by atoms with E-state index in [2.05, 4.69) is 22.0 Å². The van der Waals surface area contributed by atoms with Crippen LogP contribution in [0.25, 0.3) is 0 Å². The van der Waals surface area contributed by atoms with Crippen molar-refractivity contribution >= 4 is 16.5 Å². The summed E-state index contributed by atoms with van der Waals surface area (Å²) < 4.78 is 5.68. The third-order valence-electron chi connectivity index (χ3n) is 2.38. The van der Waals surface area contributed by atoms with Gasteiger partial charge in [-0.15, -0.1) is 10.2 Å². The highest BCUT2D eigenvalue weighted by Gasteiger charge is 2.26. The molecule has 2 heterocycles. The van der Waals surface area contributed by atoms with Crippen molar-refractivity contribution in [3.05, 3.63) is 5.01 Å². The van der Waals surface area contributed by atoms with E-state index in [0.717, 1.165) is 23.2 Å². The first-order valence-electron chi connectivity index (χ1n) is 5.09. The first kappa shape index (κ1) is 10.8. The summed E-state index contributed by atoms with van der Waals surface area (Å²) in [5, 5.41) is 10.1. The van der Waals surface area contributed by atoms with Crippen molar-refractivity contribution in [2.75, 3.05) is 24.5 Å². The van der Waals surface area contributed by atoms with Gasteiger partial charge in [0.05, 0.1) is 12.2 Å². The lowest BCUT2D eigenvalue weighted by atomic mass is 10.2. The first-order chi connectivity index (χ1) is 7.19. The lowest BCUT2D eigenvalue weighted by molar-refractivity contribution is -0.0105. The van der Waals surface area contributed by atoms with Crippen LogP contribution in [-0.2, 0) is 4.74 Å². The fraction of sp³-hybridized carbons (Fsp3) is 0.778. The van der Waals surface area contributed by atoms with Crippen LogP contribution in [0.3, 0.4) is 0 Å². The third-order valence-corrected chi connectivity index (χ3v) is 3.27. The van der Waals surface area contributed by atoms with E-state index in [9.17, 15) is 0 Å². The number of hydrogen-bond donors (Lipinski definition) is 1. The molecule has 1 aromatic rings. The average molecular weight is 228 g/mol. The summed E-state index contributed by atoms with van der Waals surface area (Å²) in [5.74, 6) is 0. The van der Waals surface area contributed by atoms with Crippen molar-refractivity contribution in [1.82, 2.24) is 10.2 Å². The van der Waals surface area contributed by atoms with E-state index in [-0.39, 0.29) is 12.2 Å². The number of hydrogen-bond acceptors (Lipinski definition) is 6. The van der Waals surface area contributed by atoms with E-state index in [1.54, 1.807) is 11.3 Å². The Morgan fingerprint density at radius 1 is 1.53 bits per heavy atom. The molecular formula is C9H16N4OS. The van der Waals surface area contributed by atoms with Crippen LogP contribution >= 0.6 is 11.3 Å². The Hall–Kier alpha value is -0.720. The van der Waals surface area contributed by atoms with E-state index < -0.39 is 0 Å². The lowest BCUT2D eigenvalue weighted by Gasteiger charge is -2.35. The molecule has 0 aliphatic carbocycles. The number of aryl methyl sites for hydroxylation is 1. The molecule has 2 atom stereocenters. The summed E-state index contributed by atoms with van der Waals surface area (Å²) in [6, 6.07) is 0. The normalized spacial score (nSPS) is 27.0. The zero-order chi connectivity index (χ0) is 10.8. The summed E-state index contributed by atoms with van der Waals surface area (Å²) in [6.45, 7) is 6.26. The largest absolute Gasteiger partial charge is 0.370 e. The van der Waals surface area contributed by atoms with Crippen molar-refractivity contribution in [3.8, 4) is 0 Å². The van der Waals surface area contributed by atoms with E-state index in [1.807, 2.05) is 6.92 Å². The minimum Gasteiger partial charge on any atom is -0.370 e. The average Bonchev–Trinajstić information content (AvgIpc) is 2.64. The van der Waals surface area contributed by atoms with E-state index in [4.69, 9.17) is 10.5 Å². The number of rotatable bonds is 2. The molecule has 2 unspecified atom stereocenters. The maximum atomic E-state index is 5.68. The van der Waals surface area contributed by atoms with Crippen LogP contribution in [0.4, 0.5) is 5.13 Å². The van der Waals surface area contributed by atoms with Gasteiger partial charge in [0.1, 0.15) is 5.01 Å². The van der Waals surface area contributed by atoms with Crippen LogP contribution in [0.1, 0.15) is 11.9 Å². The predicted molar refractivity (Wildman–Crippen MR) is 60.2 cm³/mol. The zero-order valence-corrected chi connectivity index (χ0v) is 9.83. The second-order valence-electron chi connectivity index (χ2n) is 3.81. The molecule has 5 nitrogen and oxygen atoms in total. The molecule has 0 saturated carbocycles. The van der Waals surface area contributed by atoms with E-state index in [1.165, 1.54) is 0 Å². The number of morpholine rings is 1. The van der Waals surface area contributed by atoms with Crippen molar-refractivity contribution in [1.29, 1.82) is 0 Å². The van der Waals surface area contributed by atoms with Gasteiger partial charge >= 0.3 is 0 Å². The molecule has 6 heteroatoms. The van der Waals surface area contributed by atoms with Gasteiger partial charge in [0.25, 0.3) is 0 Å². The highest BCUT2D eigenvalue weighted by Crippen LogP contribution is 2.23. The monoisotopic (exact) mass is 228 g/mol. The Labute approximate surface area is 93.2 Å². The fourth-order valence-electron chi connectivity index (χ4n) is 1.75. The van der Waals surface area contributed by atoms with Gasteiger partial charge in [0.15, 0.2) is 0 Å². The maximum Gasteiger partial charge on any atom is 0.208 e. The summed E-state index contributed by atoms with van der Waals surface area (Å²) in [4.78, 5) is 2.20. The topological polar surface area (TPSA) is 64.3 Å². The molecule has 2 rings (SSSR count). The second-order valence-corrected chi connectivity index (χ2v) is 4.97. The van der Waals surface area contributed by atoms with Gasteiger partial charge < -0.3 is 15.4 Å². The Morgan fingerprint density at radius 2 is 2.33 bits per heavy atom. The molecule has 2 N–H and O–H groups in total. The Kier molecular flexibility index (Phi) is 3.18. The van der Waals surface area contributed by atoms with Crippen molar-refractivity contribution in [3.63, 3.8) is 0 Å². The SMILES string of the molecule is Cc1nnc(N2CC(C)OC(CN)C2)s1. The second kappa shape index (κ2) is 4.42. The quantitative estimate of drug-likeness (QED) is 0.793. The number of anilines is 1. The van der Waals surface area contributed by atoms with Gasteiger partial charge in [0.2, 0.25) is 5.13 Å². The van der Waals surface area contributed by atoms with Gasteiger partial charge in [-0.1, -0.05) is 11.3 Å². The number of ether oxygens (including phenoxy) is 1. The number of nitrogens with two attached hydrogens (primary N) is 1. The predicted octanol–water partition coefficient (Wildman–Crippen LogP) is 0.399. The lowest BCUT2D eigenvalue weighted by Crippen LogP contribution is -2.49. The van der Waals surface area contributed by atoms with Crippen molar-refractivity contribution in [2.45, 2.75) is 26.1 Å². The van der Waals surface area contributed by atoms with Crippen LogP contribution in [0.15, 0.2) is 0 Å². The number of aromatic nitrogens is 2. The van der Waals surface area contributed by atoms with Crippen LogP contribution < -0.4 is 10.6 Å². The van der Waals surface area contributed by atoms with Gasteiger partial charge in [-0.25, -0.2) is 0 Å². The Balaban J connectivity index is 2.08.